The maximum Gasteiger partial charge on any atom is 0.347 e. The third-order valence-electron chi connectivity index (χ3n) is 6.83. The fraction of sp³-hybridized carbons (Fsp3) is 0.118. The van der Waals surface area contributed by atoms with Crippen molar-refractivity contribution in [1.29, 1.82) is 0 Å². The Kier molecular flexibility index (Phi) is 7.36. The summed E-state index contributed by atoms with van der Waals surface area (Å²) in [4.78, 5) is 23.4. The number of hydrogen-bond donors (Lipinski definition) is 2. The fourth-order valence-corrected chi connectivity index (χ4v) is 4.92. The number of furan rings is 2. The molecule has 0 aliphatic carbocycles. The Morgan fingerprint density at radius 3 is 2.02 bits per heavy atom. The van der Waals surface area contributed by atoms with E-state index in [9.17, 15) is 19.8 Å². The summed E-state index contributed by atoms with van der Waals surface area (Å²) in [6, 6.07) is 22.6. The van der Waals surface area contributed by atoms with Gasteiger partial charge in [0, 0.05) is 21.9 Å². The van der Waals surface area contributed by atoms with Gasteiger partial charge >= 0.3 is 11.6 Å². The van der Waals surface area contributed by atoms with Crippen LogP contribution in [0.1, 0.15) is 35.3 Å². The number of carboxylic acid groups (broad SMARTS) is 1. The summed E-state index contributed by atoms with van der Waals surface area (Å²) in [5.74, 6) is -0.864. The van der Waals surface area contributed by atoms with E-state index in [-0.39, 0.29) is 22.7 Å². The third-order valence-corrected chi connectivity index (χ3v) is 6.83. The van der Waals surface area contributed by atoms with Gasteiger partial charge in [-0.05, 0) is 36.8 Å². The van der Waals surface area contributed by atoms with Crippen molar-refractivity contribution in [3.8, 4) is 17.1 Å². The summed E-state index contributed by atoms with van der Waals surface area (Å²) in [5.41, 5.74) is 2.65. The van der Waals surface area contributed by atoms with Gasteiger partial charge in [-0.15, -0.1) is 0 Å². The number of carboxylic acids is 1. The van der Waals surface area contributed by atoms with E-state index >= 15 is 0 Å². The van der Waals surface area contributed by atoms with Gasteiger partial charge in [0.15, 0.2) is 11.3 Å². The molecule has 7 aromatic rings. The van der Waals surface area contributed by atoms with Crippen LogP contribution < -0.4 is 5.63 Å². The first-order valence-electron chi connectivity index (χ1n) is 13.2. The summed E-state index contributed by atoms with van der Waals surface area (Å²) in [7, 11) is 0. The van der Waals surface area contributed by atoms with Gasteiger partial charge in [0.2, 0.25) is 0 Å². The van der Waals surface area contributed by atoms with Gasteiger partial charge in [-0.2, -0.15) is 0 Å². The second-order valence-corrected chi connectivity index (χ2v) is 9.29. The van der Waals surface area contributed by atoms with Crippen molar-refractivity contribution in [2.45, 2.75) is 27.7 Å². The lowest BCUT2D eigenvalue weighted by atomic mass is 10.0. The molecule has 0 atom stereocenters. The molecule has 0 saturated carbocycles. The molecule has 0 unspecified atom stereocenters. The van der Waals surface area contributed by atoms with Gasteiger partial charge in [0.25, 0.3) is 0 Å². The highest BCUT2D eigenvalue weighted by Gasteiger charge is 2.22. The summed E-state index contributed by atoms with van der Waals surface area (Å²) < 4.78 is 16.4. The molecule has 7 heteroatoms. The van der Waals surface area contributed by atoms with Crippen LogP contribution in [0.2, 0.25) is 0 Å². The molecule has 0 aliphatic heterocycles. The number of fused-ring (bicyclic) bond motifs is 6. The van der Waals surface area contributed by atoms with Crippen molar-refractivity contribution in [2.75, 3.05) is 0 Å². The zero-order chi connectivity index (χ0) is 29.3. The van der Waals surface area contributed by atoms with Gasteiger partial charge in [-0.3, -0.25) is 0 Å². The van der Waals surface area contributed by atoms with Crippen LogP contribution in [0.4, 0.5) is 0 Å². The molecule has 0 aliphatic rings. The standard InChI is InChI=1S/C16H12O4.C16H10O3.C2H6/c1-9-8-20-15(13(9)16(18)19)12-7-6-10-4-2-3-5-11(10)14(12)17;1-9-8-18-15-12-7-6-10-4-2-3-5-11(10)14(12)19-16(17)13(9)15;1-2/h2-8,17H,1H3,(H,18,19);2-8H,1H3;1-2H3. The minimum Gasteiger partial charge on any atom is -0.507 e. The molecule has 0 radical (unpaired) electrons. The van der Waals surface area contributed by atoms with E-state index in [4.69, 9.17) is 13.3 Å². The maximum absolute atomic E-state index is 12.1. The van der Waals surface area contributed by atoms with Crippen LogP contribution >= 0.6 is 0 Å². The number of rotatable bonds is 2. The van der Waals surface area contributed by atoms with Crippen molar-refractivity contribution in [2.24, 2.45) is 0 Å². The predicted octanol–water partition coefficient (Wildman–Crippen LogP) is 8.84. The van der Waals surface area contributed by atoms with E-state index in [2.05, 4.69) is 0 Å². The van der Waals surface area contributed by atoms with Crippen LogP contribution in [-0.2, 0) is 0 Å². The zero-order valence-electron chi connectivity index (χ0n) is 23.0. The van der Waals surface area contributed by atoms with Gasteiger partial charge in [0.1, 0.15) is 22.3 Å². The molecule has 7 rings (SSSR count). The topological polar surface area (TPSA) is 114 Å². The molecule has 2 N–H and O–H groups in total. The number of aromatic carboxylic acids is 1. The second kappa shape index (κ2) is 11.1. The van der Waals surface area contributed by atoms with Gasteiger partial charge in [-0.25, -0.2) is 9.59 Å². The molecule has 0 fully saturated rings. The lowest BCUT2D eigenvalue weighted by Crippen LogP contribution is -1.99. The zero-order valence-corrected chi connectivity index (χ0v) is 23.0. The minimum atomic E-state index is -1.07. The molecule has 206 valence electrons. The number of phenolic OH excluding ortho intramolecular Hbond substituents is 1. The molecule has 3 heterocycles. The average molecular weight is 549 g/mol. The molecule has 3 aromatic heterocycles. The van der Waals surface area contributed by atoms with E-state index in [1.807, 2.05) is 81.4 Å². The van der Waals surface area contributed by atoms with Crippen LogP contribution in [0.15, 0.2) is 103 Å². The quantitative estimate of drug-likeness (QED) is 0.164. The third kappa shape index (κ3) is 4.72. The summed E-state index contributed by atoms with van der Waals surface area (Å²) in [6.45, 7) is 7.50. The van der Waals surface area contributed by atoms with Crippen molar-refractivity contribution in [1.82, 2.24) is 0 Å². The first kappa shape index (κ1) is 27.3. The monoisotopic (exact) mass is 548 g/mol. The van der Waals surface area contributed by atoms with Crippen LogP contribution in [0.5, 0.6) is 5.75 Å². The van der Waals surface area contributed by atoms with Crippen molar-refractivity contribution >= 4 is 49.5 Å². The Morgan fingerprint density at radius 1 is 0.707 bits per heavy atom. The first-order valence-corrected chi connectivity index (χ1v) is 13.2. The number of carbonyl (C=O) groups is 1. The van der Waals surface area contributed by atoms with Gasteiger partial charge < -0.3 is 23.5 Å². The van der Waals surface area contributed by atoms with Crippen LogP contribution in [0.3, 0.4) is 0 Å². The van der Waals surface area contributed by atoms with Crippen molar-refractivity contribution in [3.05, 3.63) is 112 Å². The largest absolute Gasteiger partial charge is 0.507 e. The molecule has 7 nitrogen and oxygen atoms in total. The van der Waals surface area contributed by atoms with Crippen molar-refractivity contribution < 1.29 is 28.3 Å². The molecular formula is C34H28O7. The molecule has 4 aromatic carbocycles. The maximum atomic E-state index is 12.1. The Labute approximate surface area is 234 Å². The number of aromatic hydroxyl groups is 1. The van der Waals surface area contributed by atoms with E-state index < -0.39 is 5.97 Å². The molecular weight excluding hydrogens is 520 g/mol. The summed E-state index contributed by atoms with van der Waals surface area (Å²) in [5, 5.41) is 24.5. The Balaban J connectivity index is 0.000000155. The highest BCUT2D eigenvalue weighted by Crippen LogP contribution is 2.39. The number of phenols is 1. The Bertz CT molecular complexity index is 2110. The predicted molar refractivity (Wildman–Crippen MR) is 161 cm³/mol. The number of benzene rings is 4. The highest BCUT2D eigenvalue weighted by atomic mass is 16.4. The molecule has 41 heavy (non-hydrogen) atoms. The normalized spacial score (nSPS) is 10.8. The highest BCUT2D eigenvalue weighted by molar-refractivity contribution is 6.12. The summed E-state index contributed by atoms with van der Waals surface area (Å²) in [6.07, 6.45) is 2.98. The van der Waals surface area contributed by atoms with E-state index in [1.54, 1.807) is 25.3 Å². The fourth-order valence-electron chi connectivity index (χ4n) is 4.92. The number of aryl methyl sites for hydroxylation is 2. The second-order valence-electron chi connectivity index (χ2n) is 9.29. The van der Waals surface area contributed by atoms with Gasteiger partial charge in [-0.1, -0.05) is 74.5 Å². The Hall–Kier alpha value is -5.30. The van der Waals surface area contributed by atoms with E-state index in [0.29, 0.717) is 33.1 Å². The lowest BCUT2D eigenvalue weighted by Gasteiger charge is -2.07. The lowest BCUT2D eigenvalue weighted by molar-refractivity contribution is 0.0696. The van der Waals surface area contributed by atoms with Crippen LogP contribution in [-0.4, -0.2) is 16.2 Å². The molecule has 0 amide bonds. The Morgan fingerprint density at radius 2 is 1.32 bits per heavy atom. The van der Waals surface area contributed by atoms with Crippen molar-refractivity contribution in [3.63, 3.8) is 0 Å². The molecule has 0 saturated heterocycles. The molecule has 0 spiro atoms. The smallest absolute Gasteiger partial charge is 0.347 e. The van der Waals surface area contributed by atoms with E-state index in [1.165, 1.54) is 6.26 Å². The minimum absolute atomic E-state index is 0.0277. The van der Waals surface area contributed by atoms with Gasteiger partial charge in [0.05, 0.1) is 23.5 Å². The molecule has 0 bridgehead atoms. The average Bonchev–Trinajstić information content (AvgIpc) is 3.58. The number of hydrogen-bond acceptors (Lipinski definition) is 6. The van der Waals surface area contributed by atoms with Crippen LogP contribution in [0.25, 0.3) is 54.8 Å². The van der Waals surface area contributed by atoms with Crippen LogP contribution in [0, 0.1) is 13.8 Å². The SMILES string of the molecule is CC.Cc1coc(-c2ccc3ccccc3c2O)c1C(=O)O.Cc1coc2c1c(=O)oc1c3ccccc3ccc21. The first-order chi connectivity index (χ1) is 19.8. The van der Waals surface area contributed by atoms with E-state index in [0.717, 1.165) is 27.1 Å². The summed E-state index contributed by atoms with van der Waals surface area (Å²) >= 11 is 0.